The van der Waals surface area contributed by atoms with Crippen LogP contribution in [0.4, 0.5) is 13.2 Å². The summed E-state index contributed by atoms with van der Waals surface area (Å²) in [5, 5.41) is 0.420. The lowest BCUT2D eigenvalue weighted by Crippen LogP contribution is -1.97. The Morgan fingerprint density at radius 1 is 1.00 bits per heavy atom. The summed E-state index contributed by atoms with van der Waals surface area (Å²) in [6.45, 7) is 0. The summed E-state index contributed by atoms with van der Waals surface area (Å²) in [5.74, 6) is -3.10. The van der Waals surface area contributed by atoms with E-state index in [1.165, 1.54) is 12.4 Å². The molecule has 0 bridgehead atoms. The highest BCUT2D eigenvalue weighted by Gasteiger charge is 2.20. The first kappa shape index (κ1) is 16.0. The van der Waals surface area contributed by atoms with Crippen molar-refractivity contribution in [3.8, 4) is 22.4 Å². The van der Waals surface area contributed by atoms with Gasteiger partial charge in [-0.25, -0.2) is 13.2 Å². The van der Waals surface area contributed by atoms with E-state index in [1.54, 1.807) is 12.1 Å². The fourth-order valence-electron chi connectivity index (χ4n) is 2.13. The van der Waals surface area contributed by atoms with E-state index in [-0.39, 0.29) is 5.56 Å². The Balaban J connectivity index is 2.30. The zero-order valence-electron chi connectivity index (χ0n) is 11.2. The van der Waals surface area contributed by atoms with Crippen molar-refractivity contribution in [2.24, 2.45) is 0 Å². The van der Waals surface area contributed by atoms with Gasteiger partial charge in [-0.05, 0) is 28.1 Å². The summed E-state index contributed by atoms with van der Waals surface area (Å²) in [4.78, 5) is 7.96. The van der Waals surface area contributed by atoms with E-state index in [4.69, 9.17) is 11.6 Å². The van der Waals surface area contributed by atoms with Crippen LogP contribution in [-0.4, -0.2) is 9.97 Å². The summed E-state index contributed by atoms with van der Waals surface area (Å²) in [7, 11) is 0. The van der Waals surface area contributed by atoms with Crippen LogP contribution in [0.1, 0.15) is 0 Å². The first-order valence-electron chi connectivity index (χ1n) is 6.30. The van der Waals surface area contributed by atoms with Crippen LogP contribution in [0.2, 0.25) is 5.02 Å². The monoisotopic (exact) mass is 397 g/mol. The van der Waals surface area contributed by atoms with E-state index >= 15 is 0 Å². The molecule has 23 heavy (non-hydrogen) atoms. The Hall–Kier alpha value is -1.92. The maximum atomic E-state index is 14.1. The number of halogens is 5. The number of nitrogens with zero attached hydrogens (tertiary/aromatic N) is 2. The average Bonchev–Trinajstić information content (AvgIpc) is 2.48. The van der Waals surface area contributed by atoms with Gasteiger partial charge in [-0.2, -0.15) is 0 Å². The Kier molecular flexibility index (Phi) is 4.37. The molecular weight excluding hydrogens is 393 g/mol. The minimum Gasteiger partial charge on any atom is -0.255 e. The largest absolute Gasteiger partial charge is 0.255 e. The molecule has 0 saturated carbocycles. The molecule has 3 rings (SSSR count). The van der Waals surface area contributed by atoms with Crippen molar-refractivity contribution in [3.63, 3.8) is 0 Å². The second-order valence-electron chi connectivity index (χ2n) is 4.57. The standard InChI is InChI=1S/C16H6BrClF3N2/c17-11-7-22-6-10(15(11)14-2-1-8(18)5-23-14)16-12(20)3-9(19)4-13(16)21/h1-5,7H. The van der Waals surface area contributed by atoms with Crippen LogP contribution >= 0.6 is 27.5 Å². The Morgan fingerprint density at radius 3 is 2.30 bits per heavy atom. The molecule has 1 radical (unpaired) electrons. The van der Waals surface area contributed by atoms with Gasteiger partial charge in [0.1, 0.15) is 17.5 Å². The third-order valence-corrected chi connectivity index (χ3v) is 3.91. The van der Waals surface area contributed by atoms with Gasteiger partial charge in [-0.3, -0.25) is 9.97 Å². The smallest absolute Gasteiger partial charge is 0.136 e. The van der Waals surface area contributed by atoms with Crippen molar-refractivity contribution < 1.29 is 13.2 Å². The quantitative estimate of drug-likeness (QED) is 0.574. The van der Waals surface area contributed by atoms with Crippen LogP contribution in [-0.2, 0) is 0 Å². The van der Waals surface area contributed by atoms with E-state index in [2.05, 4.69) is 32.1 Å². The lowest BCUT2D eigenvalue weighted by atomic mass is 9.98. The molecule has 2 heterocycles. The van der Waals surface area contributed by atoms with Crippen LogP contribution in [0.25, 0.3) is 22.4 Å². The topological polar surface area (TPSA) is 25.8 Å². The number of aromatic nitrogens is 2. The second kappa shape index (κ2) is 6.29. The average molecular weight is 399 g/mol. The Morgan fingerprint density at radius 2 is 1.70 bits per heavy atom. The maximum Gasteiger partial charge on any atom is 0.136 e. The van der Waals surface area contributed by atoms with E-state index in [1.807, 2.05) is 0 Å². The summed E-state index contributed by atoms with van der Waals surface area (Å²) in [6, 6.07) is 4.40. The predicted molar refractivity (Wildman–Crippen MR) is 84.3 cm³/mol. The molecule has 7 heteroatoms. The van der Waals surface area contributed by atoms with Gasteiger partial charge in [0.05, 0.1) is 22.5 Å². The van der Waals surface area contributed by atoms with Crippen LogP contribution < -0.4 is 0 Å². The Bertz CT molecular complexity index is 862. The molecule has 0 N–H and O–H groups in total. The first-order valence-corrected chi connectivity index (χ1v) is 7.47. The van der Waals surface area contributed by atoms with Crippen molar-refractivity contribution in [2.75, 3.05) is 0 Å². The fourth-order valence-corrected chi connectivity index (χ4v) is 2.74. The van der Waals surface area contributed by atoms with E-state index in [0.29, 0.717) is 32.9 Å². The highest BCUT2D eigenvalue weighted by atomic mass is 79.9. The number of pyridine rings is 2. The van der Waals surface area contributed by atoms with Gasteiger partial charge in [0.25, 0.3) is 0 Å². The molecule has 2 aromatic heterocycles. The zero-order chi connectivity index (χ0) is 16.6. The van der Waals surface area contributed by atoms with Gasteiger partial charge in [-0.1, -0.05) is 11.6 Å². The summed E-state index contributed by atoms with van der Waals surface area (Å²) in [6.07, 6.45) is 5.39. The van der Waals surface area contributed by atoms with Gasteiger partial charge >= 0.3 is 0 Å². The summed E-state index contributed by atoms with van der Waals surface area (Å²) >= 11 is 9.10. The zero-order valence-corrected chi connectivity index (χ0v) is 13.6. The molecule has 0 aliphatic heterocycles. The number of rotatable bonds is 2. The van der Waals surface area contributed by atoms with Crippen LogP contribution in [0.3, 0.4) is 0 Å². The molecule has 115 valence electrons. The van der Waals surface area contributed by atoms with Gasteiger partial charge in [0.15, 0.2) is 0 Å². The third kappa shape index (κ3) is 3.09. The molecule has 2 nitrogen and oxygen atoms in total. The van der Waals surface area contributed by atoms with Crippen LogP contribution in [0, 0.1) is 23.6 Å². The highest BCUT2D eigenvalue weighted by molar-refractivity contribution is 9.10. The second-order valence-corrected chi connectivity index (χ2v) is 5.86. The molecule has 3 aromatic rings. The van der Waals surface area contributed by atoms with Crippen molar-refractivity contribution in [3.05, 3.63) is 69.8 Å². The van der Waals surface area contributed by atoms with E-state index in [0.717, 1.165) is 0 Å². The molecule has 0 saturated heterocycles. The molecule has 0 atom stereocenters. The Labute approximate surface area is 143 Å². The van der Waals surface area contributed by atoms with Gasteiger partial charge < -0.3 is 0 Å². The maximum absolute atomic E-state index is 14.1. The van der Waals surface area contributed by atoms with Crippen LogP contribution in [0.15, 0.2) is 41.1 Å². The molecule has 0 aliphatic carbocycles. The van der Waals surface area contributed by atoms with Gasteiger partial charge in [0, 0.05) is 40.1 Å². The van der Waals surface area contributed by atoms with Crippen molar-refractivity contribution >= 4 is 27.5 Å². The summed E-state index contributed by atoms with van der Waals surface area (Å²) in [5.41, 5.74) is 0.398. The normalized spacial score (nSPS) is 10.8. The number of hydrogen-bond acceptors (Lipinski definition) is 2. The van der Waals surface area contributed by atoms with E-state index < -0.39 is 23.0 Å². The van der Waals surface area contributed by atoms with Gasteiger partial charge in [-0.15, -0.1) is 0 Å². The van der Waals surface area contributed by atoms with Crippen molar-refractivity contribution in [1.82, 2.24) is 9.97 Å². The highest BCUT2D eigenvalue weighted by Crippen LogP contribution is 2.38. The molecule has 1 aromatic carbocycles. The van der Waals surface area contributed by atoms with Crippen molar-refractivity contribution in [1.29, 1.82) is 0 Å². The predicted octanol–water partition coefficient (Wildman–Crippen LogP) is 5.44. The van der Waals surface area contributed by atoms with Crippen LogP contribution in [0.5, 0.6) is 0 Å². The molecular formula is C16H6BrClF3N2. The van der Waals surface area contributed by atoms with Gasteiger partial charge in [0.2, 0.25) is 0 Å². The lowest BCUT2D eigenvalue weighted by Gasteiger charge is -2.12. The minimum absolute atomic E-state index is 0.0317. The minimum atomic E-state index is -1.05. The fraction of sp³-hybridized carbons (Fsp3) is 0. The lowest BCUT2D eigenvalue weighted by molar-refractivity contribution is 0.548. The molecule has 0 spiro atoms. The molecule has 0 fully saturated rings. The molecule has 0 aliphatic rings. The third-order valence-electron chi connectivity index (χ3n) is 3.08. The SMILES string of the molecule is Fc1cc(F)c(-c2[c]ncc(Br)c2-c2ccc(Cl)cn2)c(F)c1. The number of hydrogen-bond donors (Lipinski definition) is 0. The first-order chi connectivity index (χ1) is 11.0. The molecule has 0 amide bonds. The number of benzene rings is 1. The summed E-state index contributed by atoms with van der Waals surface area (Å²) < 4.78 is 41.8. The van der Waals surface area contributed by atoms with Crippen molar-refractivity contribution in [2.45, 2.75) is 0 Å². The van der Waals surface area contributed by atoms with E-state index in [9.17, 15) is 13.2 Å². The molecule has 0 unspecified atom stereocenters.